The Balaban J connectivity index is 1.27. The van der Waals surface area contributed by atoms with Gasteiger partial charge < -0.3 is 0 Å². The second-order valence-electron chi connectivity index (χ2n) is 11.4. The van der Waals surface area contributed by atoms with Crippen LogP contribution in [-0.4, -0.2) is 9.55 Å². The molecule has 0 radical (unpaired) electrons. The molecule has 0 fully saturated rings. The second kappa shape index (κ2) is 9.90. The van der Waals surface area contributed by atoms with Crippen molar-refractivity contribution >= 4 is 64.1 Å². The van der Waals surface area contributed by atoms with Crippen molar-refractivity contribution in [3.63, 3.8) is 0 Å². The highest BCUT2D eigenvalue weighted by Crippen LogP contribution is 2.45. The summed E-state index contributed by atoms with van der Waals surface area (Å²) in [5.41, 5.74) is 8.37. The molecule has 0 saturated heterocycles. The molecular formula is C41H28N2S. The summed E-state index contributed by atoms with van der Waals surface area (Å²) in [4.78, 5) is 4.90. The fraction of sp³-hybridized carbons (Fsp3) is 0.0488. The van der Waals surface area contributed by atoms with Gasteiger partial charge in [-0.2, -0.15) is 0 Å². The normalized spacial score (nSPS) is 11.8. The number of fused-ring (bicyclic) bond motifs is 6. The molecule has 0 N–H and O–H groups in total. The summed E-state index contributed by atoms with van der Waals surface area (Å²) >= 11 is 1.87. The van der Waals surface area contributed by atoms with Gasteiger partial charge in [-0.1, -0.05) is 104 Å². The van der Waals surface area contributed by atoms with E-state index in [0.717, 1.165) is 29.0 Å². The summed E-state index contributed by atoms with van der Waals surface area (Å²) in [5.74, 6) is 1.08. The first-order valence-corrected chi connectivity index (χ1v) is 16.0. The van der Waals surface area contributed by atoms with Crippen molar-refractivity contribution in [1.29, 1.82) is 0 Å². The number of hydrogen-bond donors (Lipinski definition) is 0. The van der Waals surface area contributed by atoms with Crippen molar-refractivity contribution < 1.29 is 0 Å². The summed E-state index contributed by atoms with van der Waals surface area (Å²) in [6, 6.07) is 51.0. The predicted molar refractivity (Wildman–Crippen MR) is 189 cm³/mol. The third-order valence-corrected chi connectivity index (χ3v) is 10.1. The van der Waals surface area contributed by atoms with Crippen LogP contribution in [0.4, 0.5) is 0 Å². The van der Waals surface area contributed by atoms with Crippen LogP contribution in [0.5, 0.6) is 0 Å². The van der Waals surface area contributed by atoms with Gasteiger partial charge in [-0.25, -0.2) is 4.98 Å². The van der Waals surface area contributed by atoms with Crippen LogP contribution in [0.1, 0.15) is 12.7 Å². The monoisotopic (exact) mass is 580 g/mol. The number of imidazole rings is 1. The molecule has 9 aromatic rings. The standard InChI is InChI=1S/C41H28N2S/c1-2-39-42-35-16-8-9-17-36(35)43(39)28-22-19-26(20-23-28)40-30-12-3-5-14-32(30)41(33-15-6-4-13-31(33)40)27-21-24-38-34(25-27)29-11-7-10-18-37(29)44-38/h3-25H,2H2,1H3. The number of thiophene rings is 1. The van der Waals surface area contributed by atoms with Crippen LogP contribution in [0, 0.1) is 0 Å². The molecule has 0 aliphatic carbocycles. The van der Waals surface area contributed by atoms with Crippen LogP contribution in [0.2, 0.25) is 0 Å². The van der Waals surface area contributed by atoms with E-state index in [1.807, 2.05) is 11.3 Å². The van der Waals surface area contributed by atoms with Gasteiger partial charge in [-0.05, 0) is 86.3 Å². The Hall–Kier alpha value is -5.25. The fourth-order valence-corrected chi connectivity index (χ4v) is 8.10. The highest BCUT2D eigenvalue weighted by Gasteiger charge is 2.18. The lowest BCUT2D eigenvalue weighted by atomic mass is 9.85. The Kier molecular flexibility index (Phi) is 5.69. The maximum Gasteiger partial charge on any atom is 0.114 e. The lowest BCUT2D eigenvalue weighted by Crippen LogP contribution is -2.00. The van der Waals surface area contributed by atoms with Crippen LogP contribution in [0.25, 0.3) is 80.7 Å². The number of benzene rings is 7. The first-order valence-electron chi connectivity index (χ1n) is 15.2. The molecule has 2 nitrogen and oxygen atoms in total. The maximum atomic E-state index is 4.90. The van der Waals surface area contributed by atoms with Crippen molar-refractivity contribution in [1.82, 2.24) is 9.55 Å². The molecule has 0 unspecified atom stereocenters. The van der Waals surface area contributed by atoms with Gasteiger partial charge in [0.05, 0.1) is 11.0 Å². The lowest BCUT2D eigenvalue weighted by molar-refractivity contribution is 0.908. The van der Waals surface area contributed by atoms with E-state index < -0.39 is 0 Å². The highest BCUT2D eigenvalue weighted by molar-refractivity contribution is 7.25. The van der Waals surface area contributed by atoms with Gasteiger partial charge >= 0.3 is 0 Å². The van der Waals surface area contributed by atoms with E-state index in [0.29, 0.717) is 0 Å². The van der Waals surface area contributed by atoms with E-state index in [2.05, 4.69) is 151 Å². The number of rotatable bonds is 4. The van der Waals surface area contributed by atoms with Gasteiger partial charge in [0.15, 0.2) is 0 Å². The van der Waals surface area contributed by atoms with Crippen molar-refractivity contribution in [3.8, 4) is 27.9 Å². The molecule has 0 aliphatic heterocycles. The topological polar surface area (TPSA) is 17.8 Å². The van der Waals surface area contributed by atoms with E-state index >= 15 is 0 Å². The third kappa shape index (κ3) is 3.76. The first-order chi connectivity index (χ1) is 21.8. The zero-order valence-electron chi connectivity index (χ0n) is 24.3. The summed E-state index contributed by atoms with van der Waals surface area (Å²) in [6.45, 7) is 2.17. The number of aromatic nitrogens is 2. The Morgan fingerprint density at radius 1 is 0.523 bits per heavy atom. The number of hydrogen-bond acceptors (Lipinski definition) is 2. The Labute approximate surface area is 259 Å². The maximum absolute atomic E-state index is 4.90. The van der Waals surface area contributed by atoms with Crippen molar-refractivity contribution in [2.45, 2.75) is 13.3 Å². The van der Waals surface area contributed by atoms with Gasteiger partial charge in [0, 0.05) is 32.3 Å². The van der Waals surface area contributed by atoms with E-state index in [9.17, 15) is 0 Å². The quantitative estimate of drug-likeness (QED) is 0.189. The molecule has 0 aliphatic rings. The Bertz CT molecular complexity index is 2480. The molecule has 7 aromatic carbocycles. The van der Waals surface area contributed by atoms with E-state index in [-0.39, 0.29) is 0 Å². The van der Waals surface area contributed by atoms with Gasteiger partial charge in [0.2, 0.25) is 0 Å². The molecule has 0 amide bonds. The Morgan fingerprint density at radius 2 is 1.07 bits per heavy atom. The first kappa shape index (κ1) is 25.3. The summed E-state index contributed by atoms with van der Waals surface area (Å²) in [6.07, 6.45) is 0.875. The van der Waals surface area contributed by atoms with Gasteiger partial charge in [-0.15, -0.1) is 11.3 Å². The molecule has 3 heteroatoms. The largest absolute Gasteiger partial charge is 0.296 e. The zero-order chi connectivity index (χ0) is 29.2. The second-order valence-corrected chi connectivity index (χ2v) is 12.5. The molecule has 0 spiro atoms. The molecule has 0 bridgehead atoms. The average molecular weight is 581 g/mol. The molecule has 9 rings (SSSR count). The van der Waals surface area contributed by atoms with Gasteiger partial charge in [0.25, 0.3) is 0 Å². The minimum absolute atomic E-state index is 0.875. The molecular weight excluding hydrogens is 553 g/mol. The highest BCUT2D eigenvalue weighted by atomic mass is 32.1. The third-order valence-electron chi connectivity index (χ3n) is 8.96. The molecule has 0 saturated carbocycles. The van der Waals surface area contributed by atoms with Crippen LogP contribution < -0.4 is 0 Å². The number of aryl methyl sites for hydroxylation is 1. The van der Waals surface area contributed by atoms with E-state index in [4.69, 9.17) is 4.98 Å². The van der Waals surface area contributed by atoms with Gasteiger partial charge in [0.1, 0.15) is 5.82 Å². The van der Waals surface area contributed by atoms with Crippen LogP contribution in [0.3, 0.4) is 0 Å². The molecule has 0 atom stereocenters. The van der Waals surface area contributed by atoms with Crippen LogP contribution >= 0.6 is 11.3 Å². The zero-order valence-corrected chi connectivity index (χ0v) is 25.1. The van der Waals surface area contributed by atoms with E-state index in [1.165, 1.54) is 64.0 Å². The molecule has 44 heavy (non-hydrogen) atoms. The fourth-order valence-electron chi connectivity index (χ4n) is 7.01. The van der Waals surface area contributed by atoms with E-state index in [1.54, 1.807) is 0 Å². The van der Waals surface area contributed by atoms with Crippen LogP contribution in [0.15, 0.2) is 140 Å². The van der Waals surface area contributed by atoms with Gasteiger partial charge in [-0.3, -0.25) is 4.57 Å². The molecule has 2 heterocycles. The lowest BCUT2D eigenvalue weighted by Gasteiger charge is -2.18. The summed E-state index contributed by atoms with van der Waals surface area (Å²) < 4.78 is 4.96. The number of para-hydroxylation sites is 2. The summed E-state index contributed by atoms with van der Waals surface area (Å²) in [5, 5.41) is 7.75. The SMILES string of the molecule is CCc1nc2ccccc2n1-c1ccc(-c2c3ccccc3c(-c3ccc4sc5ccccc5c4c3)c3ccccc23)cc1. The molecule has 208 valence electrons. The minimum Gasteiger partial charge on any atom is -0.296 e. The van der Waals surface area contributed by atoms with Crippen molar-refractivity contribution in [2.75, 3.05) is 0 Å². The summed E-state index contributed by atoms with van der Waals surface area (Å²) in [7, 11) is 0. The Morgan fingerprint density at radius 3 is 1.75 bits per heavy atom. The van der Waals surface area contributed by atoms with Crippen LogP contribution in [-0.2, 0) is 6.42 Å². The average Bonchev–Trinajstić information content (AvgIpc) is 3.65. The molecule has 2 aromatic heterocycles. The minimum atomic E-state index is 0.875. The predicted octanol–water partition coefficient (Wildman–Crippen LogP) is 11.6. The smallest absolute Gasteiger partial charge is 0.114 e. The van der Waals surface area contributed by atoms with Crippen molar-refractivity contribution in [3.05, 3.63) is 145 Å². The number of nitrogens with zero attached hydrogens (tertiary/aromatic N) is 2. The van der Waals surface area contributed by atoms with Crippen molar-refractivity contribution in [2.24, 2.45) is 0 Å².